The molecular weight excluding hydrogens is 236 g/mol. The Kier molecular flexibility index (Phi) is 4.14. The average Bonchev–Trinajstić information content (AvgIpc) is 2.88. The Morgan fingerprint density at radius 1 is 1.53 bits per heavy atom. The minimum atomic E-state index is -0.228. The number of ether oxygens (including phenoxy) is 2. The van der Waals surface area contributed by atoms with Crippen molar-refractivity contribution in [2.24, 2.45) is 0 Å². The molecule has 1 atom stereocenters. The summed E-state index contributed by atoms with van der Waals surface area (Å²) in [5.74, 6) is 0. The second-order valence-corrected chi connectivity index (χ2v) is 5.45. The summed E-state index contributed by atoms with van der Waals surface area (Å²) in [6, 6.07) is 0.343. The van der Waals surface area contributed by atoms with Crippen LogP contribution >= 0.6 is 11.3 Å². The van der Waals surface area contributed by atoms with E-state index in [1.807, 2.05) is 13.2 Å². The average molecular weight is 256 g/mol. The summed E-state index contributed by atoms with van der Waals surface area (Å²) in [4.78, 5) is 5.80. The van der Waals surface area contributed by atoms with Gasteiger partial charge in [0.2, 0.25) is 0 Å². The molecule has 2 rings (SSSR count). The number of nitrogens with zero attached hydrogens (tertiary/aromatic N) is 1. The molecule has 1 saturated heterocycles. The second-order valence-electron chi connectivity index (χ2n) is 4.39. The predicted molar refractivity (Wildman–Crippen MR) is 68.3 cm³/mol. The van der Waals surface area contributed by atoms with Gasteiger partial charge in [0.15, 0.2) is 0 Å². The van der Waals surface area contributed by atoms with Crippen molar-refractivity contribution >= 4 is 11.3 Å². The Morgan fingerprint density at radius 2 is 2.24 bits per heavy atom. The van der Waals surface area contributed by atoms with E-state index in [2.05, 4.69) is 17.2 Å². The van der Waals surface area contributed by atoms with E-state index in [0.29, 0.717) is 6.04 Å². The highest BCUT2D eigenvalue weighted by molar-refractivity contribution is 7.11. The van der Waals surface area contributed by atoms with Crippen LogP contribution < -0.4 is 5.32 Å². The lowest BCUT2D eigenvalue weighted by Gasteiger charge is -2.33. The SMILES string of the molecule is CNC(C)c1cnc(C2(OC)CCOCC2)s1. The van der Waals surface area contributed by atoms with Gasteiger partial charge in [-0.1, -0.05) is 0 Å². The van der Waals surface area contributed by atoms with Crippen LogP contribution in [0.15, 0.2) is 6.20 Å². The highest BCUT2D eigenvalue weighted by Gasteiger charge is 2.37. The van der Waals surface area contributed by atoms with E-state index in [1.165, 1.54) is 4.88 Å². The van der Waals surface area contributed by atoms with Crippen molar-refractivity contribution < 1.29 is 9.47 Å². The van der Waals surface area contributed by atoms with Crippen LogP contribution in [-0.4, -0.2) is 32.4 Å². The summed E-state index contributed by atoms with van der Waals surface area (Å²) in [5, 5.41) is 4.32. The van der Waals surface area contributed by atoms with Crippen molar-refractivity contribution in [3.63, 3.8) is 0 Å². The number of hydrogen-bond donors (Lipinski definition) is 1. The van der Waals surface area contributed by atoms with Gasteiger partial charge in [0.05, 0.1) is 0 Å². The summed E-state index contributed by atoms with van der Waals surface area (Å²) in [5.41, 5.74) is -0.228. The molecule has 1 aliphatic rings. The van der Waals surface area contributed by atoms with E-state index < -0.39 is 0 Å². The summed E-state index contributed by atoms with van der Waals surface area (Å²) < 4.78 is 11.1. The summed E-state index contributed by atoms with van der Waals surface area (Å²) >= 11 is 1.74. The molecule has 0 spiro atoms. The monoisotopic (exact) mass is 256 g/mol. The predicted octanol–water partition coefficient (Wildman–Crippen LogP) is 2.08. The van der Waals surface area contributed by atoms with Crippen molar-refractivity contribution in [3.8, 4) is 0 Å². The molecule has 0 bridgehead atoms. The van der Waals surface area contributed by atoms with Gasteiger partial charge in [-0.3, -0.25) is 0 Å². The molecule has 1 aliphatic heterocycles. The van der Waals surface area contributed by atoms with Gasteiger partial charge in [-0.2, -0.15) is 0 Å². The van der Waals surface area contributed by atoms with Crippen LogP contribution in [0.25, 0.3) is 0 Å². The van der Waals surface area contributed by atoms with Gasteiger partial charge in [0.1, 0.15) is 10.6 Å². The number of rotatable bonds is 4. The minimum Gasteiger partial charge on any atom is -0.381 e. The Bertz CT molecular complexity index is 361. The molecule has 4 nitrogen and oxygen atoms in total. The van der Waals surface area contributed by atoms with Gasteiger partial charge < -0.3 is 14.8 Å². The standard InChI is InChI=1S/C12H20N2O2S/c1-9(13-2)10-8-14-11(17-10)12(15-3)4-6-16-7-5-12/h8-9,13H,4-7H2,1-3H3. The molecule has 1 unspecified atom stereocenters. The van der Waals surface area contributed by atoms with Gasteiger partial charge in [0, 0.05) is 50.3 Å². The highest BCUT2D eigenvalue weighted by Crippen LogP contribution is 2.38. The molecule has 0 radical (unpaired) electrons. The lowest BCUT2D eigenvalue weighted by atomic mass is 9.95. The van der Waals surface area contributed by atoms with Crippen LogP contribution in [0.5, 0.6) is 0 Å². The smallest absolute Gasteiger partial charge is 0.125 e. The Morgan fingerprint density at radius 3 is 2.82 bits per heavy atom. The Hall–Kier alpha value is -0.490. The summed E-state index contributed by atoms with van der Waals surface area (Å²) in [6.07, 6.45) is 3.74. The molecule has 2 heterocycles. The largest absolute Gasteiger partial charge is 0.381 e. The van der Waals surface area contributed by atoms with Gasteiger partial charge >= 0.3 is 0 Å². The van der Waals surface area contributed by atoms with Crippen LogP contribution in [0, 0.1) is 0 Å². The molecule has 96 valence electrons. The quantitative estimate of drug-likeness (QED) is 0.895. The zero-order valence-corrected chi connectivity index (χ0v) is 11.5. The van der Waals surface area contributed by atoms with Gasteiger partial charge in [-0.15, -0.1) is 11.3 Å². The molecule has 1 fully saturated rings. The van der Waals surface area contributed by atoms with Crippen LogP contribution in [0.4, 0.5) is 0 Å². The van der Waals surface area contributed by atoms with Crippen LogP contribution in [-0.2, 0) is 15.1 Å². The summed E-state index contributed by atoms with van der Waals surface area (Å²) in [6.45, 7) is 3.65. The van der Waals surface area contributed by atoms with Crippen molar-refractivity contribution in [2.45, 2.75) is 31.4 Å². The fraction of sp³-hybridized carbons (Fsp3) is 0.750. The first kappa shape index (κ1) is 13.0. The fourth-order valence-electron chi connectivity index (χ4n) is 2.05. The molecule has 1 N–H and O–H groups in total. The van der Waals surface area contributed by atoms with E-state index in [9.17, 15) is 0 Å². The van der Waals surface area contributed by atoms with E-state index in [4.69, 9.17) is 9.47 Å². The summed E-state index contributed by atoms with van der Waals surface area (Å²) in [7, 11) is 3.73. The van der Waals surface area contributed by atoms with E-state index in [-0.39, 0.29) is 5.60 Å². The van der Waals surface area contributed by atoms with E-state index in [0.717, 1.165) is 31.1 Å². The zero-order chi connectivity index (χ0) is 12.3. The normalized spacial score (nSPS) is 21.4. The van der Waals surface area contributed by atoms with Crippen LogP contribution in [0.1, 0.15) is 35.7 Å². The third-order valence-corrected chi connectivity index (χ3v) is 4.83. The maximum absolute atomic E-state index is 5.74. The Labute approximate surface area is 106 Å². The highest BCUT2D eigenvalue weighted by atomic mass is 32.1. The fourth-order valence-corrected chi connectivity index (χ4v) is 3.25. The number of hydrogen-bond acceptors (Lipinski definition) is 5. The maximum Gasteiger partial charge on any atom is 0.125 e. The number of aromatic nitrogens is 1. The second kappa shape index (κ2) is 5.44. The van der Waals surface area contributed by atoms with Crippen molar-refractivity contribution in [1.82, 2.24) is 10.3 Å². The molecule has 0 aliphatic carbocycles. The van der Waals surface area contributed by atoms with Crippen LogP contribution in [0.3, 0.4) is 0 Å². The third kappa shape index (κ3) is 2.52. The molecule has 0 amide bonds. The van der Waals surface area contributed by atoms with Crippen molar-refractivity contribution in [2.75, 3.05) is 27.4 Å². The number of thiazole rings is 1. The van der Waals surface area contributed by atoms with Gasteiger partial charge in [-0.05, 0) is 14.0 Å². The first-order chi connectivity index (χ1) is 8.22. The van der Waals surface area contributed by atoms with Crippen molar-refractivity contribution in [3.05, 3.63) is 16.1 Å². The number of nitrogens with one attached hydrogen (secondary N) is 1. The lowest BCUT2D eigenvalue weighted by Crippen LogP contribution is -2.35. The van der Waals surface area contributed by atoms with Gasteiger partial charge in [0.25, 0.3) is 0 Å². The third-order valence-electron chi connectivity index (χ3n) is 3.46. The topological polar surface area (TPSA) is 43.4 Å². The molecule has 0 aromatic carbocycles. The lowest BCUT2D eigenvalue weighted by molar-refractivity contribution is -0.0948. The van der Waals surface area contributed by atoms with Crippen molar-refractivity contribution in [1.29, 1.82) is 0 Å². The van der Waals surface area contributed by atoms with Gasteiger partial charge in [-0.25, -0.2) is 4.98 Å². The molecular formula is C12H20N2O2S. The van der Waals surface area contributed by atoms with Crippen LogP contribution in [0.2, 0.25) is 0 Å². The molecule has 0 saturated carbocycles. The minimum absolute atomic E-state index is 0.228. The first-order valence-corrected chi connectivity index (χ1v) is 6.80. The van der Waals surface area contributed by atoms with E-state index in [1.54, 1.807) is 18.4 Å². The molecule has 17 heavy (non-hydrogen) atoms. The molecule has 5 heteroatoms. The zero-order valence-electron chi connectivity index (χ0n) is 10.7. The molecule has 1 aromatic rings. The maximum atomic E-state index is 5.74. The molecule has 1 aromatic heterocycles. The first-order valence-electron chi connectivity index (χ1n) is 5.98. The number of methoxy groups -OCH3 is 1. The Balaban J connectivity index is 2.22. The van der Waals surface area contributed by atoms with E-state index >= 15 is 0 Å².